The summed E-state index contributed by atoms with van der Waals surface area (Å²) in [4.78, 5) is 2.70. The van der Waals surface area contributed by atoms with Gasteiger partial charge in [-0.3, -0.25) is 4.90 Å². The van der Waals surface area contributed by atoms with Crippen molar-refractivity contribution in [3.8, 4) is 0 Å². The molecule has 3 nitrogen and oxygen atoms in total. The first-order valence-electron chi connectivity index (χ1n) is 7.88. The van der Waals surface area contributed by atoms with Crippen LogP contribution in [-0.4, -0.2) is 42.8 Å². The molecule has 0 aromatic carbocycles. The summed E-state index contributed by atoms with van der Waals surface area (Å²) in [5.74, 6) is 0. The maximum absolute atomic E-state index is 6.52. The zero-order valence-corrected chi connectivity index (χ0v) is 12.0. The van der Waals surface area contributed by atoms with Crippen LogP contribution >= 0.6 is 0 Å². The predicted molar refractivity (Wildman–Crippen MR) is 75.7 cm³/mol. The van der Waals surface area contributed by atoms with E-state index in [4.69, 9.17) is 10.5 Å². The Morgan fingerprint density at radius 1 is 1.11 bits per heavy atom. The van der Waals surface area contributed by atoms with E-state index in [0.29, 0.717) is 0 Å². The van der Waals surface area contributed by atoms with Crippen molar-refractivity contribution in [3.63, 3.8) is 0 Å². The van der Waals surface area contributed by atoms with Gasteiger partial charge in [0.2, 0.25) is 0 Å². The second-order valence-electron chi connectivity index (χ2n) is 6.04. The molecule has 1 atom stereocenters. The molecule has 0 radical (unpaired) electrons. The molecule has 2 N–H and O–H groups in total. The Labute approximate surface area is 112 Å². The normalized spacial score (nSPS) is 26.3. The Hall–Kier alpha value is -0.120. The van der Waals surface area contributed by atoms with E-state index in [9.17, 15) is 0 Å². The van der Waals surface area contributed by atoms with Gasteiger partial charge >= 0.3 is 0 Å². The molecule has 3 heteroatoms. The third kappa shape index (κ3) is 3.06. The van der Waals surface area contributed by atoms with Crippen LogP contribution in [0.5, 0.6) is 0 Å². The summed E-state index contributed by atoms with van der Waals surface area (Å²) in [6.45, 7) is 6.25. The van der Waals surface area contributed by atoms with Crippen molar-refractivity contribution in [1.29, 1.82) is 0 Å². The zero-order valence-electron chi connectivity index (χ0n) is 12.0. The maximum Gasteiger partial charge on any atom is 0.0635 e. The SMILES string of the molecule is CCCOCC(N)C1(N2CCCCC2)CCCC1. The minimum atomic E-state index is 0.199. The molecule has 18 heavy (non-hydrogen) atoms. The fraction of sp³-hybridized carbons (Fsp3) is 1.00. The maximum atomic E-state index is 6.52. The van der Waals surface area contributed by atoms with Gasteiger partial charge in [-0.25, -0.2) is 0 Å². The van der Waals surface area contributed by atoms with Gasteiger partial charge in [0.05, 0.1) is 6.61 Å². The number of hydrogen-bond acceptors (Lipinski definition) is 3. The van der Waals surface area contributed by atoms with Crippen LogP contribution in [0.2, 0.25) is 0 Å². The number of hydrogen-bond donors (Lipinski definition) is 1. The average molecular weight is 254 g/mol. The van der Waals surface area contributed by atoms with Crippen LogP contribution < -0.4 is 5.73 Å². The van der Waals surface area contributed by atoms with Crippen LogP contribution in [0.25, 0.3) is 0 Å². The molecule has 1 unspecified atom stereocenters. The lowest BCUT2D eigenvalue weighted by atomic mass is 9.85. The predicted octanol–water partition coefficient (Wildman–Crippen LogP) is 2.54. The summed E-state index contributed by atoms with van der Waals surface area (Å²) in [6, 6.07) is 0.199. The number of piperidine rings is 1. The Bertz CT molecular complexity index is 233. The molecule has 0 amide bonds. The van der Waals surface area contributed by atoms with Crippen LogP contribution in [0.3, 0.4) is 0 Å². The second kappa shape index (κ2) is 6.88. The Morgan fingerprint density at radius 2 is 1.78 bits per heavy atom. The van der Waals surface area contributed by atoms with Gasteiger partial charge < -0.3 is 10.5 Å². The highest BCUT2D eigenvalue weighted by molar-refractivity contribution is 5.03. The summed E-state index contributed by atoms with van der Waals surface area (Å²) in [7, 11) is 0. The molecular formula is C15H30N2O. The Morgan fingerprint density at radius 3 is 2.39 bits per heavy atom. The van der Waals surface area contributed by atoms with E-state index in [0.717, 1.165) is 19.6 Å². The molecule has 106 valence electrons. The molecule has 1 saturated heterocycles. The standard InChI is InChI=1S/C15H30N2O/c1-2-12-18-13-14(16)15(8-4-5-9-15)17-10-6-3-7-11-17/h14H,2-13,16H2,1H3. The zero-order chi connectivity index (χ0) is 12.8. The van der Waals surface area contributed by atoms with E-state index in [1.165, 1.54) is 58.0 Å². The van der Waals surface area contributed by atoms with Crippen LogP contribution in [0.4, 0.5) is 0 Å². The van der Waals surface area contributed by atoms with Gasteiger partial charge in [0.15, 0.2) is 0 Å². The van der Waals surface area contributed by atoms with Gasteiger partial charge in [0.25, 0.3) is 0 Å². The lowest BCUT2D eigenvalue weighted by Gasteiger charge is -2.47. The third-order valence-electron chi connectivity index (χ3n) is 4.79. The highest BCUT2D eigenvalue weighted by Crippen LogP contribution is 2.39. The molecule has 0 aromatic heterocycles. The molecular weight excluding hydrogens is 224 g/mol. The van der Waals surface area contributed by atoms with Gasteiger partial charge in [0, 0.05) is 18.2 Å². The molecule has 2 aliphatic rings. The van der Waals surface area contributed by atoms with Crippen molar-refractivity contribution >= 4 is 0 Å². The topological polar surface area (TPSA) is 38.5 Å². The van der Waals surface area contributed by atoms with Crippen molar-refractivity contribution in [1.82, 2.24) is 4.90 Å². The molecule has 0 bridgehead atoms. The first-order chi connectivity index (χ1) is 8.79. The number of nitrogens with zero attached hydrogens (tertiary/aromatic N) is 1. The van der Waals surface area contributed by atoms with Gasteiger partial charge in [-0.15, -0.1) is 0 Å². The molecule has 1 heterocycles. The van der Waals surface area contributed by atoms with Gasteiger partial charge in [-0.2, -0.15) is 0 Å². The first kappa shape index (κ1) is 14.3. The number of ether oxygens (including phenoxy) is 1. The largest absolute Gasteiger partial charge is 0.380 e. The lowest BCUT2D eigenvalue weighted by molar-refractivity contribution is 0.0109. The minimum absolute atomic E-state index is 0.199. The third-order valence-corrected chi connectivity index (χ3v) is 4.79. The summed E-state index contributed by atoms with van der Waals surface area (Å²) in [5.41, 5.74) is 6.78. The number of rotatable bonds is 6. The van der Waals surface area contributed by atoms with Crippen LogP contribution in [-0.2, 0) is 4.74 Å². The Balaban J connectivity index is 1.96. The first-order valence-corrected chi connectivity index (χ1v) is 7.88. The van der Waals surface area contributed by atoms with Gasteiger partial charge in [-0.05, 0) is 45.2 Å². The fourth-order valence-corrected chi connectivity index (χ4v) is 3.76. The molecule has 1 aliphatic carbocycles. The van der Waals surface area contributed by atoms with Crippen molar-refractivity contribution in [2.45, 2.75) is 69.9 Å². The molecule has 1 aliphatic heterocycles. The smallest absolute Gasteiger partial charge is 0.0635 e. The van der Waals surface area contributed by atoms with Gasteiger partial charge in [-0.1, -0.05) is 26.2 Å². The molecule has 1 saturated carbocycles. The second-order valence-corrected chi connectivity index (χ2v) is 6.04. The fourth-order valence-electron chi connectivity index (χ4n) is 3.76. The van der Waals surface area contributed by atoms with Crippen molar-refractivity contribution < 1.29 is 4.74 Å². The van der Waals surface area contributed by atoms with Crippen molar-refractivity contribution in [2.24, 2.45) is 5.73 Å². The minimum Gasteiger partial charge on any atom is -0.380 e. The van der Waals surface area contributed by atoms with Crippen LogP contribution in [0.1, 0.15) is 58.3 Å². The van der Waals surface area contributed by atoms with E-state index < -0.39 is 0 Å². The summed E-state index contributed by atoms with van der Waals surface area (Å²) in [6.07, 6.45) is 10.4. The van der Waals surface area contributed by atoms with E-state index in [2.05, 4.69) is 11.8 Å². The molecule has 0 spiro atoms. The van der Waals surface area contributed by atoms with Crippen molar-refractivity contribution in [3.05, 3.63) is 0 Å². The quantitative estimate of drug-likeness (QED) is 0.740. The Kier molecular flexibility index (Phi) is 5.46. The van der Waals surface area contributed by atoms with Crippen molar-refractivity contribution in [2.75, 3.05) is 26.3 Å². The summed E-state index contributed by atoms with van der Waals surface area (Å²) >= 11 is 0. The average Bonchev–Trinajstić information content (AvgIpc) is 2.90. The summed E-state index contributed by atoms with van der Waals surface area (Å²) in [5, 5.41) is 0. The highest BCUT2D eigenvalue weighted by Gasteiger charge is 2.44. The van der Waals surface area contributed by atoms with E-state index in [-0.39, 0.29) is 11.6 Å². The summed E-state index contributed by atoms with van der Waals surface area (Å²) < 4.78 is 5.72. The van der Waals surface area contributed by atoms with E-state index in [1.807, 2.05) is 0 Å². The number of likely N-dealkylation sites (tertiary alicyclic amines) is 1. The molecule has 2 fully saturated rings. The van der Waals surface area contributed by atoms with Crippen LogP contribution in [0, 0.1) is 0 Å². The van der Waals surface area contributed by atoms with E-state index >= 15 is 0 Å². The number of nitrogens with two attached hydrogens (primary N) is 1. The van der Waals surface area contributed by atoms with Gasteiger partial charge in [0.1, 0.15) is 0 Å². The monoisotopic (exact) mass is 254 g/mol. The van der Waals surface area contributed by atoms with Crippen LogP contribution in [0.15, 0.2) is 0 Å². The highest BCUT2D eigenvalue weighted by atomic mass is 16.5. The lowest BCUT2D eigenvalue weighted by Crippen LogP contribution is -2.61. The van der Waals surface area contributed by atoms with E-state index in [1.54, 1.807) is 0 Å². The molecule has 2 rings (SSSR count). The molecule has 0 aromatic rings.